The average molecular weight is 355 g/mol. The maximum atomic E-state index is 11.8. The number of benzene rings is 1. The molecular formula is C20H25N3O3. The van der Waals surface area contributed by atoms with Crippen molar-refractivity contribution < 1.29 is 14.3 Å². The molecule has 0 atom stereocenters. The molecule has 0 aliphatic rings. The van der Waals surface area contributed by atoms with Crippen molar-refractivity contribution in [2.45, 2.75) is 26.7 Å². The smallest absolute Gasteiger partial charge is 0.251 e. The van der Waals surface area contributed by atoms with Crippen LogP contribution < -0.4 is 15.4 Å². The Morgan fingerprint density at radius 3 is 2.35 bits per heavy atom. The van der Waals surface area contributed by atoms with E-state index in [1.807, 2.05) is 32.0 Å². The van der Waals surface area contributed by atoms with Crippen LogP contribution in [0.25, 0.3) is 0 Å². The maximum Gasteiger partial charge on any atom is 0.251 e. The Morgan fingerprint density at radius 2 is 1.65 bits per heavy atom. The fourth-order valence-corrected chi connectivity index (χ4v) is 2.51. The van der Waals surface area contributed by atoms with Gasteiger partial charge in [-0.05, 0) is 43.5 Å². The lowest BCUT2D eigenvalue weighted by Gasteiger charge is -2.12. The van der Waals surface area contributed by atoms with Crippen LogP contribution >= 0.6 is 0 Å². The Morgan fingerprint density at radius 1 is 1.00 bits per heavy atom. The zero-order valence-electron chi connectivity index (χ0n) is 15.2. The van der Waals surface area contributed by atoms with Gasteiger partial charge in [0.25, 0.3) is 5.91 Å². The van der Waals surface area contributed by atoms with E-state index in [2.05, 4.69) is 15.6 Å². The van der Waals surface area contributed by atoms with Crippen LogP contribution in [-0.4, -0.2) is 36.5 Å². The predicted molar refractivity (Wildman–Crippen MR) is 100 cm³/mol. The highest BCUT2D eigenvalue weighted by molar-refractivity contribution is 5.93. The first-order chi connectivity index (χ1) is 12.6. The number of nitrogens with zero attached hydrogens (tertiary/aromatic N) is 1. The van der Waals surface area contributed by atoms with Gasteiger partial charge < -0.3 is 15.4 Å². The van der Waals surface area contributed by atoms with Gasteiger partial charge in [0.2, 0.25) is 5.91 Å². The van der Waals surface area contributed by atoms with Crippen LogP contribution in [0.2, 0.25) is 0 Å². The van der Waals surface area contributed by atoms with Gasteiger partial charge in [-0.3, -0.25) is 14.6 Å². The van der Waals surface area contributed by atoms with Crippen molar-refractivity contribution in [1.29, 1.82) is 0 Å². The molecule has 1 aromatic heterocycles. The molecule has 26 heavy (non-hydrogen) atoms. The lowest BCUT2D eigenvalue weighted by molar-refractivity contribution is -0.121. The van der Waals surface area contributed by atoms with Gasteiger partial charge in [0.05, 0.1) is 6.61 Å². The molecule has 0 unspecified atom stereocenters. The normalized spacial score (nSPS) is 10.2. The Balaban J connectivity index is 1.57. The first-order valence-electron chi connectivity index (χ1n) is 8.72. The minimum absolute atomic E-state index is 0.0479. The maximum absolute atomic E-state index is 11.8. The van der Waals surface area contributed by atoms with Crippen LogP contribution in [0.15, 0.2) is 42.7 Å². The molecule has 2 rings (SSSR count). The highest BCUT2D eigenvalue weighted by Gasteiger charge is 2.06. The number of carbonyl (C=O) groups is 2. The fourth-order valence-electron chi connectivity index (χ4n) is 2.51. The van der Waals surface area contributed by atoms with Crippen LogP contribution in [0.3, 0.4) is 0 Å². The molecule has 0 bridgehead atoms. The van der Waals surface area contributed by atoms with Gasteiger partial charge >= 0.3 is 0 Å². The minimum atomic E-state index is -0.177. The number of carbonyl (C=O) groups excluding carboxylic acids is 2. The number of nitrogens with one attached hydrogen (secondary N) is 2. The van der Waals surface area contributed by atoms with Gasteiger partial charge in [-0.25, -0.2) is 0 Å². The van der Waals surface area contributed by atoms with Gasteiger partial charge in [-0.2, -0.15) is 0 Å². The number of amides is 2. The van der Waals surface area contributed by atoms with Gasteiger partial charge in [0.15, 0.2) is 0 Å². The number of ether oxygens (including phenoxy) is 1. The lowest BCUT2D eigenvalue weighted by Crippen LogP contribution is -2.34. The molecule has 0 radical (unpaired) electrons. The number of aromatic nitrogens is 1. The summed E-state index contributed by atoms with van der Waals surface area (Å²) < 4.78 is 5.78. The molecule has 0 saturated carbocycles. The molecule has 6 nitrogen and oxygen atoms in total. The summed E-state index contributed by atoms with van der Waals surface area (Å²) in [6, 6.07) is 9.30. The van der Waals surface area contributed by atoms with E-state index >= 15 is 0 Å². The van der Waals surface area contributed by atoms with Crippen molar-refractivity contribution in [2.24, 2.45) is 0 Å². The molecule has 1 heterocycles. The summed E-state index contributed by atoms with van der Waals surface area (Å²) in [6.45, 7) is 5.29. The molecule has 0 aliphatic carbocycles. The van der Waals surface area contributed by atoms with Gasteiger partial charge in [-0.15, -0.1) is 0 Å². The van der Waals surface area contributed by atoms with E-state index in [9.17, 15) is 9.59 Å². The number of hydrogen-bond acceptors (Lipinski definition) is 4. The van der Waals surface area contributed by atoms with E-state index in [1.54, 1.807) is 24.5 Å². The van der Waals surface area contributed by atoms with Crippen molar-refractivity contribution in [3.63, 3.8) is 0 Å². The minimum Gasteiger partial charge on any atom is -0.493 e. The molecule has 6 heteroatoms. The monoisotopic (exact) mass is 355 g/mol. The summed E-state index contributed by atoms with van der Waals surface area (Å²) in [5.41, 5.74) is 2.74. The number of aryl methyl sites for hydroxylation is 2. The molecule has 0 aliphatic heterocycles. The molecule has 2 amide bonds. The van der Waals surface area contributed by atoms with Crippen molar-refractivity contribution in [2.75, 3.05) is 19.7 Å². The number of hydrogen-bond donors (Lipinski definition) is 2. The summed E-state index contributed by atoms with van der Waals surface area (Å²) in [4.78, 5) is 27.5. The Kier molecular flexibility index (Phi) is 7.61. The summed E-state index contributed by atoms with van der Waals surface area (Å²) in [5.74, 6) is 0.670. The van der Waals surface area contributed by atoms with E-state index in [0.717, 1.165) is 16.9 Å². The number of para-hydroxylation sites is 1. The topological polar surface area (TPSA) is 80.3 Å². The van der Waals surface area contributed by atoms with E-state index in [1.165, 1.54) is 0 Å². The molecule has 1 aromatic carbocycles. The van der Waals surface area contributed by atoms with E-state index in [-0.39, 0.29) is 11.8 Å². The summed E-state index contributed by atoms with van der Waals surface area (Å²) in [7, 11) is 0. The summed E-state index contributed by atoms with van der Waals surface area (Å²) in [6.07, 6.45) is 4.17. The molecule has 0 fully saturated rings. The highest BCUT2D eigenvalue weighted by atomic mass is 16.5. The van der Waals surface area contributed by atoms with Crippen LogP contribution in [0, 0.1) is 13.8 Å². The molecular weight excluding hydrogens is 330 g/mol. The lowest BCUT2D eigenvalue weighted by atomic mass is 10.1. The molecule has 0 spiro atoms. The molecule has 2 N–H and O–H groups in total. The third kappa shape index (κ3) is 6.20. The second-order valence-corrected chi connectivity index (χ2v) is 6.01. The van der Waals surface area contributed by atoms with Crippen molar-refractivity contribution in [1.82, 2.24) is 15.6 Å². The zero-order valence-corrected chi connectivity index (χ0v) is 15.2. The first-order valence-corrected chi connectivity index (χ1v) is 8.72. The van der Waals surface area contributed by atoms with Crippen LogP contribution in [0.5, 0.6) is 5.75 Å². The quantitative estimate of drug-likeness (QED) is 0.677. The molecule has 138 valence electrons. The van der Waals surface area contributed by atoms with Crippen LogP contribution in [-0.2, 0) is 4.79 Å². The van der Waals surface area contributed by atoms with Gasteiger partial charge in [-0.1, -0.05) is 18.2 Å². The second kappa shape index (κ2) is 10.2. The predicted octanol–water partition coefficient (Wildman–Crippen LogP) is 2.40. The largest absolute Gasteiger partial charge is 0.493 e. The molecule has 0 saturated heterocycles. The summed E-state index contributed by atoms with van der Waals surface area (Å²) >= 11 is 0. The van der Waals surface area contributed by atoms with Crippen molar-refractivity contribution in [3.8, 4) is 5.75 Å². The first kappa shape index (κ1) is 19.4. The fraction of sp³-hybridized carbons (Fsp3) is 0.350. The van der Waals surface area contributed by atoms with Crippen molar-refractivity contribution in [3.05, 3.63) is 59.4 Å². The number of pyridine rings is 1. The van der Waals surface area contributed by atoms with Gasteiger partial charge in [0.1, 0.15) is 5.75 Å². The Bertz CT molecular complexity index is 712. The van der Waals surface area contributed by atoms with Gasteiger partial charge in [0, 0.05) is 37.5 Å². The van der Waals surface area contributed by atoms with Crippen molar-refractivity contribution >= 4 is 11.8 Å². The zero-order chi connectivity index (χ0) is 18.8. The second-order valence-electron chi connectivity index (χ2n) is 6.01. The third-order valence-electron chi connectivity index (χ3n) is 3.88. The SMILES string of the molecule is Cc1cccc(C)c1OCCCC(=O)NCCNC(=O)c1ccncc1. The summed E-state index contributed by atoms with van der Waals surface area (Å²) in [5, 5.41) is 5.54. The van der Waals surface area contributed by atoms with E-state index in [0.29, 0.717) is 38.1 Å². The standard InChI is InChI=1S/C20H25N3O3/c1-15-5-3-6-16(2)19(15)26-14-4-7-18(24)22-12-13-23-20(25)17-8-10-21-11-9-17/h3,5-6,8-11H,4,7,12-14H2,1-2H3,(H,22,24)(H,23,25). The van der Waals surface area contributed by atoms with Crippen LogP contribution in [0.4, 0.5) is 0 Å². The Labute approximate surface area is 154 Å². The Hall–Kier alpha value is -2.89. The number of rotatable bonds is 9. The third-order valence-corrected chi connectivity index (χ3v) is 3.88. The average Bonchev–Trinajstić information content (AvgIpc) is 2.64. The highest BCUT2D eigenvalue weighted by Crippen LogP contribution is 2.22. The molecule has 2 aromatic rings. The van der Waals surface area contributed by atoms with E-state index < -0.39 is 0 Å². The van der Waals surface area contributed by atoms with Crippen LogP contribution in [0.1, 0.15) is 34.3 Å². The van der Waals surface area contributed by atoms with E-state index in [4.69, 9.17) is 4.74 Å².